The maximum Gasteiger partial charge on any atom is 0.298 e. The van der Waals surface area contributed by atoms with Crippen molar-refractivity contribution in [3.63, 3.8) is 0 Å². The molecule has 0 saturated carbocycles. The third kappa shape index (κ3) is 2.77. The van der Waals surface area contributed by atoms with E-state index in [1.807, 2.05) is 17.6 Å². The Balaban J connectivity index is 2.20. The van der Waals surface area contributed by atoms with Crippen molar-refractivity contribution in [2.24, 2.45) is 12.0 Å². The molecule has 0 atom stereocenters. The van der Waals surface area contributed by atoms with Gasteiger partial charge in [0.15, 0.2) is 4.80 Å². The molecule has 3 aromatic rings. The van der Waals surface area contributed by atoms with Gasteiger partial charge in [0.25, 0.3) is 5.91 Å². The number of rotatable bonds is 3. The normalized spacial score (nSPS) is 12.0. The number of carbonyl (C=O) groups is 1. The quantitative estimate of drug-likeness (QED) is 0.695. The number of carbonyl (C=O) groups excluding carboxylic acids is 1. The van der Waals surface area contributed by atoms with Crippen LogP contribution in [-0.4, -0.2) is 20.3 Å². The molecule has 0 aliphatic heterocycles. The molecule has 3 rings (SSSR count). The van der Waals surface area contributed by atoms with Crippen molar-refractivity contribution in [1.29, 1.82) is 0 Å². The summed E-state index contributed by atoms with van der Waals surface area (Å²) >= 11 is 1.51. The summed E-state index contributed by atoms with van der Waals surface area (Å²) in [7, 11) is 1.75. The second-order valence-electron chi connectivity index (χ2n) is 5.47. The molecule has 2 heterocycles. The SMILES string of the molecule is C=CCn1c(=NC(=O)c2c(C)cnn2C)sc2cc(C)ccc21. The smallest absolute Gasteiger partial charge is 0.298 e. The van der Waals surface area contributed by atoms with Crippen LogP contribution >= 0.6 is 11.3 Å². The van der Waals surface area contributed by atoms with Crippen LogP contribution in [0.3, 0.4) is 0 Å². The van der Waals surface area contributed by atoms with E-state index in [1.54, 1.807) is 17.9 Å². The first kappa shape index (κ1) is 15.4. The lowest BCUT2D eigenvalue weighted by Gasteiger charge is -2.01. The van der Waals surface area contributed by atoms with Crippen LogP contribution < -0.4 is 4.80 Å². The van der Waals surface area contributed by atoms with Crippen molar-refractivity contribution in [2.75, 3.05) is 0 Å². The summed E-state index contributed by atoms with van der Waals surface area (Å²) in [6, 6.07) is 6.23. The number of amides is 1. The van der Waals surface area contributed by atoms with Gasteiger partial charge in [-0.25, -0.2) is 0 Å². The van der Waals surface area contributed by atoms with Crippen LogP contribution in [-0.2, 0) is 13.6 Å². The first-order chi connectivity index (χ1) is 11.0. The second kappa shape index (κ2) is 5.96. The molecule has 0 N–H and O–H groups in total. The number of aryl methyl sites for hydroxylation is 3. The van der Waals surface area contributed by atoms with Gasteiger partial charge in [0, 0.05) is 19.2 Å². The van der Waals surface area contributed by atoms with E-state index >= 15 is 0 Å². The number of nitrogens with zero attached hydrogens (tertiary/aromatic N) is 4. The Morgan fingerprint density at radius 3 is 2.87 bits per heavy atom. The van der Waals surface area contributed by atoms with Gasteiger partial charge < -0.3 is 4.57 Å². The Morgan fingerprint density at radius 1 is 1.43 bits per heavy atom. The summed E-state index contributed by atoms with van der Waals surface area (Å²) in [5.41, 5.74) is 3.59. The Morgan fingerprint density at radius 2 is 2.22 bits per heavy atom. The molecule has 1 amide bonds. The van der Waals surface area contributed by atoms with E-state index in [1.165, 1.54) is 16.9 Å². The predicted molar refractivity (Wildman–Crippen MR) is 92.6 cm³/mol. The highest BCUT2D eigenvalue weighted by Crippen LogP contribution is 2.19. The van der Waals surface area contributed by atoms with E-state index in [0.717, 1.165) is 15.8 Å². The summed E-state index contributed by atoms with van der Waals surface area (Å²) in [4.78, 5) is 17.6. The first-order valence-corrected chi connectivity index (χ1v) is 8.11. The highest BCUT2D eigenvalue weighted by molar-refractivity contribution is 7.16. The van der Waals surface area contributed by atoms with Crippen molar-refractivity contribution in [2.45, 2.75) is 20.4 Å². The molecule has 0 fully saturated rings. The van der Waals surface area contributed by atoms with Crippen LogP contribution in [0.25, 0.3) is 10.2 Å². The molecule has 5 nitrogen and oxygen atoms in total. The number of thiazole rings is 1. The van der Waals surface area contributed by atoms with Gasteiger partial charge in [-0.05, 0) is 31.5 Å². The van der Waals surface area contributed by atoms with E-state index in [2.05, 4.69) is 41.8 Å². The molecular formula is C17H18N4OS. The fourth-order valence-electron chi connectivity index (χ4n) is 2.57. The van der Waals surface area contributed by atoms with Crippen LogP contribution in [0.5, 0.6) is 0 Å². The minimum atomic E-state index is -0.274. The highest BCUT2D eigenvalue weighted by atomic mass is 32.1. The second-order valence-corrected chi connectivity index (χ2v) is 6.48. The lowest BCUT2D eigenvalue weighted by Crippen LogP contribution is -2.17. The molecule has 2 aromatic heterocycles. The fourth-order valence-corrected chi connectivity index (χ4v) is 3.70. The molecular weight excluding hydrogens is 308 g/mol. The molecule has 0 aliphatic carbocycles. The van der Waals surface area contributed by atoms with Crippen molar-refractivity contribution in [1.82, 2.24) is 14.3 Å². The summed E-state index contributed by atoms with van der Waals surface area (Å²) in [5.74, 6) is -0.274. The molecule has 118 valence electrons. The Kier molecular flexibility index (Phi) is 4.00. The maximum atomic E-state index is 12.6. The van der Waals surface area contributed by atoms with Crippen molar-refractivity contribution in [3.05, 3.63) is 58.7 Å². The van der Waals surface area contributed by atoms with Gasteiger partial charge in [0.1, 0.15) is 5.69 Å². The molecule has 0 aliphatic rings. The minimum absolute atomic E-state index is 0.274. The number of hydrogen-bond acceptors (Lipinski definition) is 3. The topological polar surface area (TPSA) is 52.2 Å². The largest absolute Gasteiger partial charge is 0.312 e. The third-order valence-corrected chi connectivity index (χ3v) is 4.71. The highest BCUT2D eigenvalue weighted by Gasteiger charge is 2.14. The van der Waals surface area contributed by atoms with Crippen LogP contribution in [0.2, 0.25) is 0 Å². The zero-order chi connectivity index (χ0) is 16.6. The van der Waals surface area contributed by atoms with Crippen molar-refractivity contribution < 1.29 is 4.79 Å². The van der Waals surface area contributed by atoms with Gasteiger partial charge in [-0.15, -0.1) is 6.58 Å². The number of aromatic nitrogens is 3. The molecule has 1 aromatic carbocycles. The average Bonchev–Trinajstić information content (AvgIpc) is 3.00. The number of allylic oxidation sites excluding steroid dienone is 1. The molecule has 0 spiro atoms. The number of hydrogen-bond donors (Lipinski definition) is 0. The molecule has 0 radical (unpaired) electrons. The average molecular weight is 326 g/mol. The van der Waals surface area contributed by atoms with E-state index in [-0.39, 0.29) is 5.91 Å². The summed E-state index contributed by atoms with van der Waals surface area (Å²) in [6.45, 7) is 8.33. The van der Waals surface area contributed by atoms with Gasteiger partial charge in [-0.3, -0.25) is 9.48 Å². The van der Waals surface area contributed by atoms with Gasteiger partial charge in [0.2, 0.25) is 0 Å². The zero-order valence-corrected chi connectivity index (χ0v) is 14.2. The van der Waals surface area contributed by atoms with Gasteiger partial charge in [-0.2, -0.15) is 10.1 Å². The van der Waals surface area contributed by atoms with Crippen molar-refractivity contribution >= 4 is 27.5 Å². The number of benzene rings is 1. The Hall–Kier alpha value is -2.47. The van der Waals surface area contributed by atoms with E-state index in [0.29, 0.717) is 17.0 Å². The van der Waals surface area contributed by atoms with Crippen LogP contribution in [0.15, 0.2) is 42.0 Å². The van der Waals surface area contributed by atoms with Gasteiger partial charge in [-0.1, -0.05) is 23.5 Å². The number of fused-ring (bicyclic) bond motifs is 1. The van der Waals surface area contributed by atoms with Crippen molar-refractivity contribution in [3.8, 4) is 0 Å². The van der Waals surface area contributed by atoms with E-state index in [9.17, 15) is 4.79 Å². The monoisotopic (exact) mass is 326 g/mol. The Labute approximate surface area is 138 Å². The molecule has 23 heavy (non-hydrogen) atoms. The van der Waals surface area contributed by atoms with E-state index in [4.69, 9.17) is 0 Å². The molecule has 0 unspecified atom stereocenters. The summed E-state index contributed by atoms with van der Waals surface area (Å²) in [6.07, 6.45) is 3.49. The van der Waals surface area contributed by atoms with Gasteiger partial charge in [0.05, 0.1) is 16.4 Å². The minimum Gasteiger partial charge on any atom is -0.312 e. The fraction of sp³-hybridized carbons (Fsp3) is 0.235. The Bertz CT molecular complexity index is 955. The third-order valence-electron chi connectivity index (χ3n) is 3.67. The lowest BCUT2D eigenvalue weighted by molar-refractivity contribution is 0.0988. The van der Waals surface area contributed by atoms with Crippen LogP contribution in [0.4, 0.5) is 0 Å². The van der Waals surface area contributed by atoms with E-state index < -0.39 is 0 Å². The molecule has 6 heteroatoms. The predicted octanol–water partition coefficient (Wildman–Crippen LogP) is 2.98. The van der Waals surface area contributed by atoms with Crippen LogP contribution in [0, 0.1) is 13.8 Å². The standard InChI is InChI=1S/C17H18N4OS/c1-5-8-21-13-7-6-11(2)9-14(13)23-17(21)19-16(22)15-12(3)10-18-20(15)4/h5-7,9-10H,1,8H2,2-4H3. The zero-order valence-electron chi connectivity index (χ0n) is 13.4. The van der Waals surface area contributed by atoms with Gasteiger partial charge >= 0.3 is 0 Å². The molecule has 0 bridgehead atoms. The van der Waals surface area contributed by atoms with Crippen LogP contribution in [0.1, 0.15) is 21.6 Å². The summed E-state index contributed by atoms with van der Waals surface area (Å²) < 4.78 is 4.69. The summed E-state index contributed by atoms with van der Waals surface area (Å²) in [5, 5.41) is 4.11. The molecule has 0 saturated heterocycles. The maximum absolute atomic E-state index is 12.6. The lowest BCUT2D eigenvalue weighted by atomic mass is 10.2. The first-order valence-electron chi connectivity index (χ1n) is 7.30.